The van der Waals surface area contributed by atoms with Gasteiger partial charge in [-0.2, -0.15) is 0 Å². The fraction of sp³-hybridized carbons (Fsp3) is 0.462. The first kappa shape index (κ1) is 11.0. The molecule has 3 rings (SSSR count). The number of fused-ring (bicyclic) bond motifs is 1. The highest BCUT2D eigenvalue weighted by molar-refractivity contribution is 7.16. The molecule has 2 aromatic rings. The van der Waals surface area contributed by atoms with Gasteiger partial charge in [-0.05, 0) is 56.0 Å². The summed E-state index contributed by atoms with van der Waals surface area (Å²) in [5.74, 6) is 0.775. The maximum Gasteiger partial charge on any atom is 0.396 e. The van der Waals surface area contributed by atoms with Crippen LogP contribution in [0.1, 0.15) is 18.4 Å². The van der Waals surface area contributed by atoms with Crippen LogP contribution in [0.5, 0.6) is 0 Å². The molecular weight excluding hydrogens is 234 g/mol. The Morgan fingerprint density at radius 1 is 1.35 bits per heavy atom. The maximum atomic E-state index is 11.1. The average molecular weight is 249 g/mol. The highest BCUT2D eigenvalue weighted by Gasteiger charge is 2.14. The first-order valence-corrected chi connectivity index (χ1v) is 6.86. The zero-order valence-electron chi connectivity index (χ0n) is 9.57. The van der Waals surface area contributed by atoms with Crippen molar-refractivity contribution in [3.8, 4) is 0 Å². The smallest absolute Gasteiger partial charge is 0.396 e. The highest BCUT2D eigenvalue weighted by atomic mass is 32.1. The van der Waals surface area contributed by atoms with Crippen LogP contribution in [0.15, 0.2) is 27.4 Å². The van der Waals surface area contributed by atoms with Gasteiger partial charge >= 0.3 is 4.94 Å². The maximum absolute atomic E-state index is 11.1. The molecular formula is C13H15NO2S. The lowest BCUT2D eigenvalue weighted by atomic mass is 9.91. The van der Waals surface area contributed by atoms with E-state index >= 15 is 0 Å². The molecule has 1 fully saturated rings. The van der Waals surface area contributed by atoms with Crippen LogP contribution in [0.4, 0.5) is 0 Å². The molecule has 1 aliphatic heterocycles. The summed E-state index contributed by atoms with van der Waals surface area (Å²) in [6.45, 7) is 2.26. The fourth-order valence-corrected chi connectivity index (χ4v) is 3.19. The van der Waals surface area contributed by atoms with Crippen LogP contribution >= 0.6 is 11.3 Å². The molecule has 0 spiro atoms. The number of hydrogen-bond acceptors (Lipinski definition) is 4. The van der Waals surface area contributed by atoms with Gasteiger partial charge in [-0.25, -0.2) is 4.79 Å². The Balaban J connectivity index is 1.82. The Kier molecular flexibility index (Phi) is 2.99. The van der Waals surface area contributed by atoms with Crippen molar-refractivity contribution in [1.82, 2.24) is 5.32 Å². The second-order valence-corrected chi connectivity index (χ2v) is 5.61. The molecule has 0 amide bonds. The van der Waals surface area contributed by atoms with Gasteiger partial charge in [0.15, 0.2) is 0 Å². The summed E-state index contributed by atoms with van der Waals surface area (Å²) < 4.78 is 6.04. The van der Waals surface area contributed by atoms with Crippen molar-refractivity contribution in [2.45, 2.75) is 19.3 Å². The minimum atomic E-state index is -0.209. The normalized spacial score (nSPS) is 17.6. The molecule has 17 heavy (non-hydrogen) atoms. The second-order valence-electron chi connectivity index (χ2n) is 4.63. The molecule has 0 unspecified atom stereocenters. The van der Waals surface area contributed by atoms with E-state index in [2.05, 4.69) is 17.4 Å². The number of hydrogen-bond donors (Lipinski definition) is 1. The molecule has 0 atom stereocenters. The van der Waals surface area contributed by atoms with Gasteiger partial charge in [0.1, 0.15) is 5.58 Å². The highest BCUT2D eigenvalue weighted by Crippen LogP contribution is 2.23. The van der Waals surface area contributed by atoms with E-state index < -0.39 is 0 Å². The molecule has 90 valence electrons. The van der Waals surface area contributed by atoms with E-state index in [1.165, 1.54) is 29.7 Å². The molecule has 0 bridgehead atoms. The van der Waals surface area contributed by atoms with Crippen molar-refractivity contribution in [3.05, 3.63) is 33.5 Å². The van der Waals surface area contributed by atoms with E-state index in [1.54, 1.807) is 0 Å². The Morgan fingerprint density at radius 3 is 3.00 bits per heavy atom. The zero-order chi connectivity index (χ0) is 11.7. The van der Waals surface area contributed by atoms with Crippen molar-refractivity contribution in [3.63, 3.8) is 0 Å². The summed E-state index contributed by atoms with van der Waals surface area (Å²) in [7, 11) is 0. The summed E-state index contributed by atoms with van der Waals surface area (Å²) in [4.78, 5) is 10.9. The SMILES string of the molecule is O=c1oc2ccc(CC3CCNCC3)cc2s1. The summed E-state index contributed by atoms with van der Waals surface area (Å²) in [5, 5.41) is 3.38. The molecule has 1 aromatic carbocycles. The van der Waals surface area contributed by atoms with Crippen molar-refractivity contribution in [2.75, 3.05) is 13.1 Å². The molecule has 1 aliphatic rings. The van der Waals surface area contributed by atoms with Gasteiger partial charge in [-0.1, -0.05) is 17.4 Å². The molecule has 1 saturated heterocycles. The van der Waals surface area contributed by atoms with E-state index in [1.807, 2.05) is 6.07 Å². The number of rotatable bonds is 2. The van der Waals surface area contributed by atoms with Gasteiger partial charge in [0.2, 0.25) is 0 Å². The molecule has 4 heteroatoms. The van der Waals surface area contributed by atoms with E-state index in [0.29, 0.717) is 5.58 Å². The second kappa shape index (κ2) is 4.63. The molecule has 1 N–H and O–H groups in total. The molecule has 2 heterocycles. The molecule has 0 saturated carbocycles. The van der Waals surface area contributed by atoms with E-state index in [4.69, 9.17) is 4.42 Å². The van der Waals surface area contributed by atoms with Gasteiger partial charge in [0.25, 0.3) is 0 Å². The van der Waals surface area contributed by atoms with Gasteiger partial charge in [0, 0.05) is 0 Å². The first-order valence-electron chi connectivity index (χ1n) is 6.04. The minimum absolute atomic E-state index is 0.209. The van der Waals surface area contributed by atoms with E-state index in [9.17, 15) is 4.79 Å². The quantitative estimate of drug-likeness (QED) is 0.888. The summed E-state index contributed by atoms with van der Waals surface area (Å²) in [5.41, 5.74) is 2.04. The summed E-state index contributed by atoms with van der Waals surface area (Å²) in [6.07, 6.45) is 3.61. The number of benzene rings is 1. The lowest BCUT2D eigenvalue weighted by molar-refractivity contribution is 0.373. The van der Waals surface area contributed by atoms with Crippen molar-refractivity contribution < 1.29 is 4.42 Å². The Morgan fingerprint density at radius 2 is 2.18 bits per heavy atom. The Hall–Kier alpha value is -1.13. The standard InChI is InChI=1S/C13H15NO2S/c15-13-16-11-2-1-10(8-12(11)17-13)7-9-3-5-14-6-4-9/h1-2,8-9,14H,3-7H2. The van der Waals surface area contributed by atoms with Gasteiger partial charge < -0.3 is 9.73 Å². The summed E-state index contributed by atoms with van der Waals surface area (Å²) >= 11 is 1.19. The van der Waals surface area contributed by atoms with Crippen LogP contribution < -0.4 is 10.3 Å². The molecule has 3 nitrogen and oxygen atoms in total. The van der Waals surface area contributed by atoms with E-state index in [0.717, 1.165) is 30.1 Å². The first-order chi connectivity index (χ1) is 8.31. The zero-order valence-corrected chi connectivity index (χ0v) is 10.4. The Bertz CT molecular complexity index is 566. The van der Waals surface area contributed by atoms with Gasteiger partial charge in [-0.15, -0.1) is 0 Å². The Labute approximate surface area is 103 Å². The van der Waals surface area contributed by atoms with Crippen molar-refractivity contribution in [1.29, 1.82) is 0 Å². The van der Waals surface area contributed by atoms with Crippen molar-refractivity contribution in [2.24, 2.45) is 5.92 Å². The van der Waals surface area contributed by atoms with Crippen LogP contribution in [0.25, 0.3) is 10.3 Å². The van der Waals surface area contributed by atoms with E-state index in [-0.39, 0.29) is 4.94 Å². The topological polar surface area (TPSA) is 42.2 Å². The third kappa shape index (κ3) is 2.42. The number of nitrogens with one attached hydrogen (secondary N) is 1. The lowest BCUT2D eigenvalue weighted by Crippen LogP contribution is -2.28. The largest absolute Gasteiger partial charge is 0.414 e. The van der Waals surface area contributed by atoms with Crippen LogP contribution in [0, 0.1) is 5.92 Å². The van der Waals surface area contributed by atoms with Crippen LogP contribution in [0.3, 0.4) is 0 Å². The third-order valence-electron chi connectivity index (χ3n) is 3.38. The van der Waals surface area contributed by atoms with Crippen LogP contribution in [-0.2, 0) is 6.42 Å². The predicted octanol–water partition coefficient (Wildman–Crippen LogP) is 2.40. The third-order valence-corrected chi connectivity index (χ3v) is 4.17. The van der Waals surface area contributed by atoms with Gasteiger partial charge in [-0.3, -0.25) is 0 Å². The minimum Gasteiger partial charge on any atom is -0.414 e. The number of piperidine rings is 1. The fourth-order valence-electron chi connectivity index (χ4n) is 2.46. The average Bonchev–Trinajstić information content (AvgIpc) is 2.70. The van der Waals surface area contributed by atoms with Crippen LogP contribution in [-0.4, -0.2) is 13.1 Å². The van der Waals surface area contributed by atoms with Gasteiger partial charge in [0.05, 0.1) is 4.70 Å². The van der Waals surface area contributed by atoms with Crippen molar-refractivity contribution >= 4 is 21.6 Å². The molecule has 1 aromatic heterocycles. The molecule has 0 radical (unpaired) electrons. The predicted molar refractivity (Wildman–Crippen MR) is 69.7 cm³/mol. The summed E-state index contributed by atoms with van der Waals surface area (Å²) in [6, 6.07) is 6.11. The van der Waals surface area contributed by atoms with Crippen LogP contribution in [0.2, 0.25) is 0 Å². The monoisotopic (exact) mass is 249 g/mol. The lowest BCUT2D eigenvalue weighted by Gasteiger charge is -2.22. The molecule has 0 aliphatic carbocycles.